The van der Waals surface area contributed by atoms with E-state index in [1.165, 1.54) is 0 Å². The van der Waals surface area contributed by atoms with Gasteiger partial charge in [-0.2, -0.15) is 9.67 Å². The van der Waals surface area contributed by atoms with Crippen molar-refractivity contribution in [2.24, 2.45) is 17.6 Å². The molecule has 26 heavy (non-hydrogen) atoms. The number of rotatable bonds is 5. The molecule has 1 unspecified atom stereocenters. The molecule has 134 valence electrons. The van der Waals surface area contributed by atoms with E-state index >= 15 is 0 Å². The number of primary amides is 1. The molecule has 0 aliphatic heterocycles. The maximum absolute atomic E-state index is 11.3. The van der Waals surface area contributed by atoms with Crippen LogP contribution in [0.25, 0.3) is 17.0 Å². The minimum absolute atomic E-state index is 0.0113. The third-order valence-corrected chi connectivity index (χ3v) is 5.25. The Labute approximate surface area is 162 Å². The zero-order valence-corrected chi connectivity index (χ0v) is 16.0. The van der Waals surface area contributed by atoms with E-state index in [1.807, 2.05) is 12.1 Å². The van der Waals surface area contributed by atoms with E-state index in [0.29, 0.717) is 35.4 Å². The summed E-state index contributed by atoms with van der Waals surface area (Å²) in [6.45, 7) is 0.707. The zero-order valence-electron chi connectivity index (χ0n) is 13.8. The number of amides is 1. The van der Waals surface area contributed by atoms with Crippen LogP contribution in [-0.2, 0) is 4.79 Å². The fourth-order valence-electron chi connectivity index (χ4n) is 3.22. The van der Waals surface area contributed by atoms with Gasteiger partial charge in [-0.05, 0) is 59.9 Å². The molecule has 1 aliphatic rings. The fraction of sp³-hybridized carbons (Fsp3) is 0.375. The van der Waals surface area contributed by atoms with Crippen LogP contribution in [0.5, 0.6) is 0 Å². The average Bonchev–Trinajstić information content (AvgIpc) is 3.27. The number of nitrogens with two attached hydrogens (primary N) is 1. The summed E-state index contributed by atoms with van der Waals surface area (Å²) in [5.41, 5.74) is 6.59. The molecule has 1 aliphatic carbocycles. The summed E-state index contributed by atoms with van der Waals surface area (Å²) in [5, 5.41) is 11.5. The molecule has 1 amide bonds. The van der Waals surface area contributed by atoms with Gasteiger partial charge >= 0.3 is 0 Å². The topological polar surface area (TPSA) is 124 Å². The van der Waals surface area contributed by atoms with Crippen LogP contribution >= 0.6 is 22.6 Å². The fourth-order valence-corrected chi connectivity index (χ4v) is 3.53. The number of pyridine rings is 1. The maximum atomic E-state index is 11.3. The summed E-state index contributed by atoms with van der Waals surface area (Å²) < 4.78 is 2.63. The molecule has 1 saturated carbocycles. The zero-order chi connectivity index (χ0) is 18.1. The van der Waals surface area contributed by atoms with Gasteiger partial charge in [-0.25, -0.2) is 9.97 Å². The van der Waals surface area contributed by atoms with Crippen molar-refractivity contribution in [3.05, 3.63) is 28.1 Å². The summed E-state index contributed by atoms with van der Waals surface area (Å²) in [6.07, 6.45) is 6.06. The highest BCUT2D eigenvalue weighted by atomic mass is 127. The molecule has 0 spiro atoms. The number of hydrogen-bond donors (Lipinski definition) is 2. The lowest BCUT2D eigenvalue weighted by molar-refractivity contribution is -0.121. The van der Waals surface area contributed by atoms with Gasteiger partial charge in [-0.1, -0.05) is 5.21 Å². The van der Waals surface area contributed by atoms with Crippen molar-refractivity contribution in [3.63, 3.8) is 0 Å². The predicted octanol–water partition coefficient (Wildman–Crippen LogP) is 1.52. The van der Waals surface area contributed by atoms with E-state index in [1.54, 1.807) is 17.1 Å². The molecule has 10 heteroatoms. The molecule has 3 heterocycles. The standard InChI is InChI=1S/C16H17IN8O/c17-11-3-4-13(19-7-11)25-15-12(23-24-25)8-21-16(22-15)20-6-9-1-2-10(5-9)14(18)26/h3-4,7-10H,1-2,5-6H2,(H2,18,26)(H,20,21,22)/t9?,10-/m1/s1. The summed E-state index contributed by atoms with van der Waals surface area (Å²) in [7, 11) is 0. The quantitative estimate of drug-likeness (QED) is 0.549. The summed E-state index contributed by atoms with van der Waals surface area (Å²) in [5.74, 6) is 1.34. The number of fused-ring (bicyclic) bond motifs is 1. The Bertz CT molecular complexity index is 941. The van der Waals surface area contributed by atoms with Gasteiger partial charge in [0.05, 0.1) is 6.20 Å². The summed E-state index contributed by atoms with van der Waals surface area (Å²) in [6, 6.07) is 3.82. The third-order valence-electron chi connectivity index (χ3n) is 4.61. The van der Waals surface area contributed by atoms with Gasteiger partial charge in [-0.3, -0.25) is 4.79 Å². The number of anilines is 1. The molecule has 0 aromatic carbocycles. The number of nitrogens with zero attached hydrogens (tertiary/aromatic N) is 6. The third kappa shape index (κ3) is 3.45. The first-order valence-corrected chi connectivity index (χ1v) is 9.41. The summed E-state index contributed by atoms with van der Waals surface area (Å²) >= 11 is 2.20. The van der Waals surface area contributed by atoms with Crippen LogP contribution in [0.2, 0.25) is 0 Å². The first-order chi connectivity index (χ1) is 12.6. The van der Waals surface area contributed by atoms with Crippen LogP contribution in [0.1, 0.15) is 19.3 Å². The molecular weight excluding hydrogens is 447 g/mol. The molecule has 9 nitrogen and oxygen atoms in total. The van der Waals surface area contributed by atoms with Crippen LogP contribution in [0.3, 0.4) is 0 Å². The Hall–Kier alpha value is -2.37. The number of hydrogen-bond acceptors (Lipinski definition) is 7. The van der Waals surface area contributed by atoms with Gasteiger partial charge in [-0.15, -0.1) is 5.10 Å². The molecule has 4 rings (SSSR count). The van der Waals surface area contributed by atoms with E-state index in [-0.39, 0.29) is 11.8 Å². The molecule has 0 bridgehead atoms. The minimum atomic E-state index is -0.204. The number of halogens is 1. The lowest BCUT2D eigenvalue weighted by Crippen LogP contribution is -2.21. The largest absolute Gasteiger partial charge is 0.369 e. The number of aromatic nitrogens is 6. The van der Waals surface area contributed by atoms with Crippen molar-refractivity contribution in [3.8, 4) is 5.82 Å². The van der Waals surface area contributed by atoms with Crippen LogP contribution < -0.4 is 11.1 Å². The van der Waals surface area contributed by atoms with Gasteiger partial charge in [0.15, 0.2) is 17.0 Å². The first kappa shape index (κ1) is 17.1. The number of nitrogens with one attached hydrogen (secondary N) is 1. The normalized spacial score (nSPS) is 19.7. The van der Waals surface area contributed by atoms with Crippen molar-refractivity contribution < 1.29 is 4.79 Å². The Morgan fingerprint density at radius 3 is 2.92 bits per heavy atom. The molecule has 0 saturated heterocycles. The highest BCUT2D eigenvalue weighted by Crippen LogP contribution is 2.30. The number of carbonyl (C=O) groups excluding carboxylic acids is 1. The summed E-state index contributed by atoms with van der Waals surface area (Å²) in [4.78, 5) is 24.5. The molecule has 0 radical (unpaired) electrons. The van der Waals surface area contributed by atoms with Gasteiger partial charge in [0, 0.05) is 22.2 Å². The van der Waals surface area contributed by atoms with Crippen LogP contribution in [0.15, 0.2) is 24.5 Å². The van der Waals surface area contributed by atoms with Gasteiger partial charge in [0.2, 0.25) is 11.9 Å². The minimum Gasteiger partial charge on any atom is -0.369 e. The molecule has 3 aromatic rings. The molecule has 3 aromatic heterocycles. The van der Waals surface area contributed by atoms with E-state index < -0.39 is 0 Å². The Morgan fingerprint density at radius 2 is 2.19 bits per heavy atom. The van der Waals surface area contributed by atoms with Crippen molar-refractivity contribution in [1.82, 2.24) is 29.9 Å². The van der Waals surface area contributed by atoms with Crippen molar-refractivity contribution >= 4 is 45.6 Å². The second kappa shape index (κ2) is 7.09. The van der Waals surface area contributed by atoms with Gasteiger partial charge in [0.25, 0.3) is 0 Å². The first-order valence-electron chi connectivity index (χ1n) is 8.33. The lowest BCUT2D eigenvalue weighted by atomic mass is 10.0. The van der Waals surface area contributed by atoms with Crippen LogP contribution in [0.4, 0.5) is 5.95 Å². The second-order valence-electron chi connectivity index (χ2n) is 6.40. The lowest BCUT2D eigenvalue weighted by Gasteiger charge is -2.11. The van der Waals surface area contributed by atoms with Crippen molar-refractivity contribution in [1.29, 1.82) is 0 Å². The molecule has 3 N–H and O–H groups in total. The molecule has 1 fully saturated rings. The Morgan fingerprint density at radius 1 is 1.31 bits per heavy atom. The number of carbonyl (C=O) groups is 1. The highest BCUT2D eigenvalue weighted by Gasteiger charge is 2.28. The SMILES string of the molecule is NC(=O)[C@@H]1CCC(CNc2ncc3nnn(-c4ccc(I)cn4)c3n2)C1. The van der Waals surface area contributed by atoms with E-state index in [0.717, 1.165) is 22.8 Å². The maximum Gasteiger partial charge on any atom is 0.224 e. The monoisotopic (exact) mass is 464 g/mol. The van der Waals surface area contributed by atoms with Crippen molar-refractivity contribution in [2.75, 3.05) is 11.9 Å². The van der Waals surface area contributed by atoms with Crippen molar-refractivity contribution in [2.45, 2.75) is 19.3 Å². The average molecular weight is 464 g/mol. The second-order valence-corrected chi connectivity index (χ2v) is 7.64. The van der Waals surface area contributed by atoms with Crippen LogP contribution in [-0.4, -0.2) is 42.4 Å². The Kier molecular flexibility index (Phi) is 4.66. The molecular formula is C16H17IN8O. The smallest absolute Gasteiger partial charge is 0.224 e. The highest BCUT2D eigenvalue weighted by molar-refractivity contribution is 14.1. The van der Waals surface area contributed by atoms with E-state index in [2.05, 4.69) is 53.2 Å². The van der Waals surface area contributed by atoms with Gasteiger partial charge in [0.1, 0.15) is 0 Å². The Balaban J connectivity index is 1.51. The molecule has 2 atom stereocenters. The van der Waals surface area contributed by atoms with Gasteiger partial charge < -0.3 is 11.1 Å². The van der Waals surface area contributed by atoms with Crippen LogP contribution in [0, 0.1) is 15.4 Å². The predicted molar refractivity (Wildman–Crippen MR) is 103 cm³/mol. The van der Waals surface area contributed by atoms with E-state index in [9.17, 15) is 4.79 Å². The van der Waals surface area contributed by atoms with E-state index in [4.69, 9.17) is 5.73 Å².